The Balaban J connectivity index is -0.000000000364. The van der Waals surface area contributed by atoms with Crippen LogP contribution in [0.15, 0.2) is 0 Å². The predicted molar refractivity (Wildman–Crippen MR) is 24.5 cm³/mol. The molecule has 0 amide bonds. The zero-order valence-corrected chi connectivity index (χ0v) is 26.7. The number of halogens is 8. The summed E-state index contributed by atoms with van der Waals surface area (Å²) in [7, 11) is 0. The van der Waals surface area contributed by atoms with E-state index in [-0.39, 0.29) is 223 Å². The van der Waals surface area contributed by atoms with Gasteiger partial charge in [-0.15, -0.1) is 0 Å². The second-order valence-corrected chi connectivity index (χ2v) is 0.167. The van der Waals surface area contributed by atoms with E-state index in [1.807, 2.05) is 0 Å². The zero-order chi connectivity index (χ0) is 2.71. The van der Waals surface area contributed by atoms with Gasteiger partial charge in [0.2, 0.25) is 0 Å². The summed E-state index contributed by atoms with van der Waals surface area (Å²) in [6, 6.07) is 0. The molecule has 0 bridgehead atoms. The van der Waals surface area contributed by atoms with Crippen LogP contribution in [0.2, 0.25) is 0 Å². The SMILES string of the molecule is N=CN.[Br-].[Br-].[Br-].[Br-].[Br-].[Br-].[Br-].[Br-].[Ca+2].[Pb+2].[Ti+4]. The van der Waals surface area contributed by atoms with Gasteiger partial charge in [0.25, 0.3) is 0 Å². The Kier molecular flexibility index (Phi) is 969. The van der Waals surface area contributed by atoms with Gasteiger partial charge in [0.15, 0.2) is 0 Å². The van der Waals surface area contributed by atoms with Crippen molar-refractivity contribution in [1.82, 2.24) is 0 Å². The van der Waals surface area contributed by atoms with Gasteiger partial charge in [-0.2, -0.15) is 0 Å². The molecule has 0 atom stereocenters. The Morgan fingerprint density at radius 2 is 0.714 bits per heavy atom. The Bertz CT molecular complexity index is 34.8. The van der Waals surface area contributed by atoms with E-state index in [4.69, 9.17) is 5.41 Å². The number of hydrogen-bond acceptors (Lipinski definition) is 1. The van der Waals surface area contributed by atoms with Crippen LogP contribution in [-0.4, -0.2) is 71.4 Å². The van der Waals surface area contributed by atoms with Crippen molar-refractivity contribution in [1.29, 1.82) is 5.41 Å². The minimum atomic E-state index is 0. The van der Waals surface area contributed by atoms with Crippen LogP contribution < -0.4 is 142 Å². The van der Waals surface area contributed by atoms with Crippen LogP contribution in [0.1, 0.15) is 0 Å². The molecule has 14 heavy (non-hydrogen) atoms. The first kappa shape index (κ1) is 111. The van der Waals surface area contributed by atoms with Gasteiger partial charge < -0.3 is 142 Å². The maximum Gasteiger partial charge on any atom is 4.00 e. The van der Waals surface area contributed by atoms with Crippen LogP contribution in [0.5, 0.6) is 0 Å². The van der Waals surface area contributed by atoms with Gasteiger partial charge in [0.05, 0.1) is 6.34 Å². The maximum absolute atomic E-state index is 5.86. The number of rotatable bonds is 0. The molecule has 0 aliphatic heterocycles. The van der Waals surface area contributed by atoms with E-state index in [0.29, 0.717) is 0 Å². The van der Waals surface area contributed by atoms with Crippen molar-refractivity contribution in [3.8, 4) is 0 Å². The standard InChI is InChI=1S/CH4N2.8BrH.Ca.Pb.Ti/c2-1-3;;;;;;;;;;;/h1H,(H3,2,3);8*1H;;;/q;;;;;;;;;2*+2;+4/p-8. The largest absolute Gasteiger partial charge is 4.00 e. The Morgan fingerprint density at radius 1 is 0.714 bits per heavy atom. The van der Waals surface area contributed by atoms with E-state index < -0.39 is 0 Å². The fourth-order valence-electron chi connectivity index (χ4n) is 0. The van der Waals surface area contributed by atoms with Crippen molar-refractivity contribution in [2.75, 3.05) is 0 Å². The molecule has 3 N–H and O–H groups in total. The van der Waals surface area contributed by atoms with Gasteiger partial charge in [0, 0.05) is 0 Å². The third-order valence-electron chi connectivity index (χ3n) is 0. The fourth-order valence-corrected chi connectivity index (χ4v) is 0. The van der Waals surface area contributed by atoms with Gasteiger partial charge in [-0.3, -0.25) is 5.41 Å². The van der Waals surface area contributed by atoms with Gasteiger partial charge in [-0.05, 0) is 0 Å². The normalized spacial score (nSPS) is 0.857. The van der Waals surface area contributed by atoms with Gasteiger partial charge >= 0.3 is 86.8 Å². The van der Waals surface area contributed by atoms with Crippen molar-refractivity contribution in [2.24, 2.45) is 5.73 Å². The second-order valence-electron chi connectivity index (χ2n) is 0.167. The average molecular weight is 978 g/mol. The Morgan fingerprint density at radius 3 is 0.714 bits per heavy atom. The van der Waals surface area contributed by atoms with E-state index >= 15 is 0 Å². The second kappa shape index (κ2) is 123. The molecule has 0 aromatic carbocycles. The summed E-state index contributed by atoms with van der Waals surface area (Å²) in [5.74, 6) is 0. The molecule has 2 radical (unpaired) electrons. The molecule has 0 unspecified atom stereocenters. The molecule has 0 aliphatic rings. The molecular formula is CH4Br8CaN2PbTi. The molecule has 0 fully saturated rings. The molecule has 13 heteroatoms. The van der Waals surface area contributed by atoms with E-state index in [0.717, 1.165) is 6.34 Å². The maximum atomic E-state index is 5.86. The van der Waals surface area contributed by atoms with E-state index in [1.165, 1.54) is 0 Å². The smallest absolute Gasteiger partial charge is 1.00 e. The van der Waals surface area contributed by atoms with Crippen molar-refractivity contribution in [2.45, 2.75) is 0 Å². The van der Waals surface area contributed by atoms with Crippen LogP contribution >= 0.6 is 0 Å². The van der Waals surface area contributed by atoms with Gasteiger partial charge in [-0.25, -0.2) is 0 Å². The van der Waals surface area contributed by atoms with Crippen molar-refractivity contribution < 1.29 is 158 Å². The molecule has 0 saturated carbocycles. The fraction of sp³-hybridized carbons (Fsp3) is 0. The molecule has 0 rings (SSSR count). The van der Waals surface area contributed by atoms with Crippen LogP contribution in [0.4, 0.5) is 0 Å². The van der Waals surface area contributed by atoms with Crippen LogP contribution in [0.25, 0.3) is 0 Å². The van der Waals surface area contributed by atoms with Crippen LogP contribution in [0.3, 0.4) is 0 Å². The van der Waals surface area contributed by atoms with Gasteiger partial charge in [0.1, 0.15) is 0 Å². The molecule has 0 aromatic heterocycles. The van der Waals surface area contributed by atoms with Gasteiger partial charge in [-0.1, -0.05) is 0 Å². The van der Waals surface area contributed by atoms with Crippen molar-refractivity contribution >= 4 is 71.4 Å². The van der Waals surface area contributed by atoms with Crippen LogP contribution in [0, 0.1) is 5.41 Å². The summed E-state index contributed by atoms with van der Waals surface area (Å²) in [6.07, 6.45) is 0.750. The van der Waals surface area contributed by atoms with Crippen LogP contribution in [-0.2, 0) is 21.7 Å². The summed E-state index contributed by atoms with van der Waals surface area (Å²) < 4.78 is 0. The third-order valence-corrected chi connectivity index (χ3v) is 0. The number of hydrogen-bond donors (Lipinski definition) is 2. The molecule has 84 valence electrons. The minimum absolute atomic E-state index is 0. The summed E-state index contributed by atoms with van der Waals surface area (Å²) in [5, 5.41) is 5.86. The minimum Gasteiger partial charge on any atom is -1.00 e. The number of nitrogens with one attached hydrogen (secondary N) is 1. The number of nitrogens with two attached hydrogens (primary N) is 1. The quantitative estimate of drug-likeness (QED) is 0.142. The first-order valence-electron chi connectivity index (χ1n) is 0.622. The van der Waals surface area contributed by atoms with Crippen molar-refractivity contribution in [3.05, 3.63) is 0 Å². The van der Waals surface area contributed by atoms with E-state index in [9.17, 15) is 0 Å². The first-order valence-corrected chi connectivity index (χ1v) is 0.622. The Hall–Kier alpha value is 6.21. The predicted octanol–water partition coefficient (Wildman–Crippen LogP) is -25.2. The van der Waals surface area contributed by atoms with Crippen molar-refractivity contribution in [3.63, 3.8) is 0 Å². The summed E-state index contributed by atoms with van der Waals surface area (Å²) >= 11 is 0. The van der Waals surface area contributed by atoms with E-state index in [1.54, 1.807) is 0 Å². The monoisotopic (exact) mass is 971 g/mol. The molecular weight excluding hydrogens is 974 g/mol. The zero-order valence-electron chi connectivity index (χ0n) is 6.39. The molecule has 0 aliphatic carbocycles. The Labute approximate surface area is 234 Å². The topological polar surface area (TPSA) is 49.9 Å². The van der Waals surface area contributed by atoms with E-state index in [2.05, 4.69) is 5.73 Å². The summed E-state index contributed by atoms with van der Waals surface area (Å²) in [6.45, 7) is 0. The molecule has 0 spiro atoms. The first-order chi connectivity index (χ1) is 1.41. The molecule has 0 saturated heterocycles. The third kappa shape index (κ3) is 140. The average Bonchev–Trinajstić information content (AvgIpc) is 0.918. The molecule has 2 nitrogen and oxygen atoms in total. The molecule has 0 heterocycles. The summed E-state index contributed by atoms with van der Waals surface area (Å²) in [4.78, 5) is 0. The summed E-state index contributed by atoms with van der Waals surface area (Å²) in [5.41, 5.74) is 4.39. The molecule has 0 aromatic rings.